The largest absolute Gasteiger partial charge is 0.383 e. The van der Waals surface area contributed by atoms with Crippen molar-refractivity contribution in [3.63, 3.8) is 0 Å². The van der Waals surface area contributed by atoms with E-state index in [4.69, 9.17) is 5.73 Å². The maximum atomic E-state index is 6.01. The van der Waals surface area contributed by atoms with Crippen LogP contribution in [0.5, 0.6) is 0 Å². The van der Waals surface area contributed by atoms with Crippen molar-refractivity contribution in [2.75, 3.05) is 35.6 Å². The van der Waals surface area contributed by atoms with Gasteiger partial charge in [0.1, 0.15) is 17.3 Å². The molecule has 2 aliphatic rings. The van der Waals surface area contributed by atoms with E-state index in [9.17, 15) is 0 Å². The third kappa shape index (κ3) is 6.04. The molecule has 2 aromatic rings. The zero-order valence-corrected chi connectivity index (χ0v) is 17.9. The van der Waals surface area contributed by atoms with Crippen molar-refractivity contribution in [1.82, 2.24) is 30.3 Å². The highest BCUT2D eigenvalue weighted by Crippen LogP contribution is 2.21. The third-order valence-corrected chi connectivity index (χ3v) is 6.03. The van der Waals surface area contributed by atoms with Gasteiger partial charge in [0.25, 0.3) is 0 Å². The second-order valence-corrected chi connectivity index (χ2v) is 8.49. The molecule has 4 rings (SSSR count). The lowest BCUT2D eigenvalue weighted by atomic mass is 9.95. The topological polar surface area (TPSA) is 110 Å². The Morgan fingerprint density at radius 1 is 1.03 bits per heavy atom. The fourth-order valence-electron chi connectivity index (χ4n) is 4.37. The van der Waals surface area contributed by atoms with E-state index in [1.54, 1.807) is 0 Å². The van der Waals surface area contributed by atoms with Crippen LogP contribution in [0.2, 0.25) is 0 Å². The van der Waals surface area contributed by atoms with Crippen LogP contribution >= 0.6 is 0 Å². The van der Waals surface area contributed by atoms with Crippen molar-refractivity contribution < 1.29 is 0 Å². The molecule has 0 unspecified atom stereocenters. The van der Waals surface area contributed by atoms with Gasteiger partial charge in [0.2, 0.25) is 5.95 Å². The zero-order valence-electron chi connectivity index (χ0n) is 17.9. The van der Waals surface area contributed by atoms with E-state index >= 15 is 0 Å². The van der Waals surface area contributed by atoms with Gasteiger partial charge in [-0.25, -0.2) is 0 Å². The summed E-state index contributed by atoms with van der Waals surface area (Å²) in [5, 5.41) is 15.4. The Balaban J connectivity index is 1.22. The standard InChI is InChI=1S/C21H35N9/c22-19-14-20(29-11-5-2-6-12-29)26-21(25-19)24-15-18-16-30(28-27-18)13-7-10-23-17-8-3-1-4-9-17/h14,16-17,23H,1-13,15H2,(H3,22,24,25,26). The summed E-state index contributed by atoms with van der Waals surface area (Å²) in [7, 11) is 0. The summed E-state index contributed by atoms with van der Waals surface area (Å²) < 4.78 is 1.92. The first-order valence-electron chi connectivity index (χ1n) is 11.5. The molecule has 2 fully saturated rings. The van der Waals surface area contributed by atoms with Crippen LogP contribution in [0.1, 0.15) is 63.5 Å². The fourth-order valence-corrected chi connectivity index (χ4v) is 4.37. The van der Waals surface area contributed by atoms with Gasteiger partial charge < -0.3 is 21.3 Å². The number of nitrogen functional groups attached to an aromatic ring is 1. The molecule has 0 bridgehead atoms. The molecule has 164 valence electrons. The first-order valence-corrected chi connectivity index (χ1v) is 11.5. The van der Waals surface area contributed by atoms with Crippen molar-refractivity contribution in [1.29, 1.82) is 0 Å². The van der Waals surface area contributed by atoms with E-state index in [0.29, 0.717) is 24.4 Å². The highest BCUT2D eigenvalue weighted by molar-refractivity contribution is 5.51. The molecule has 1 saturated carbocycles. The predicted molar refractivity (Wildman–Crippen MR) is 119 cm³/mol. The Hall–Kier alpha value is -2.42. The van der Waals surface area contributed by atoms with Crippen molar-refractivity contribution in [3.05, 3.63) is 18.0 Å². The van der Waals surface area contributed by atoms with Gasteiger partial charge >= 0.3 is 0 Å². The van der Waals surface area contributed by atoms with Crippen molar-refractivity contribution in [3.8, 4) is 0 Å². The number of hydrogen-bond donors (Lipinski definition) is 3. The summed E-state index contributed by atoms with van der Waals surface area (Å²) in [5.41, 5.74) is 6.88. The maximum Gasteiger partial charge on any atom is 0.226 e. The van der Waals surface area contributed by atoms with Gasteiger partial charge in [-0.05, 0) is 45.1 Å². The highest BCUT2D eigenvalue weighted by atomic mass is 15.4. The van der Waals surface area contributed by atoms with Crippen molar-refractivity contribution in [2.24, 2.45) is 0 Å². The number of anilines is 3. The SMILES string of the molecule is Nc1cc(N2CCCCC2)nc(NCc2cn(CCCNC3CCCCC3)nn2)n1. The van der Waals surface area contributed by atoms with Gasteiger partial charge in [0.05, 0.1) is 12.7 Å². The second kappa shape index (κ2) is 10.6. The Kier molecular flexibility index (Phi) is 7.34. The monoisotopic (exact) mass is 413 g/mol. The third-order valence-electron chi connectivity index (χ3n) is 6.03. The summed E-state index contributed by atoms with van der Waals surface area (Å²) in [4.78, 5) is 11.2. The quantitative estimate of drug-likeness (QED) is 0.538. The van der Waals surface area contributed by atoms with Gasteiger partial charge in [0.15, 0.2) is 0 Å². The second-order valence-electron chi connectivity index (χ2n) is 8.49. The van der Waals surface area contributed by atoms with Crippen LogP contribution in [0.3, 0.4) is 0 Å². The molecular formula is C21H35N9. The van der Waals surface area contributed by atoms with Crippen LogP contribution in [0.15, 0.2) is 12.3 Å². The molecule has 9 heteroatoms. The molecule has 1 aliphatic carbocycles. The van der Waals surface area contributed by atoms with E-state index < -0.39 is 0 Å². The molecule has 0 amide bonds. The number of aromatic nitrogens is 5. The van der Waals surface area contributed by atoms with E-state index in [1.807, 2.05) is 16.9 Å². The molecule has 0 atom stereocenters. The van der Waals surface area contributed by atoms with Crippen LogP contribution in [0.25, 0.3) is 0 Å². The van der Waals surface area contributed by atoms with Crippen LogP contribution in [-0.4, -0.2) is 50.6 Å². The van der Waals surface area contributed by atoms with Gasteiger partial charge in [0, 0.05) is 31.7 Å². The minimum Gasteiger partial charge on any atom is -0.383 e. The zero-order chi connectivity index (χ0) is 20.6. The normalized spacial score (nSPS) is 17.9. The lowest BCUT2D eigenvalue weighted by Crippen LogP contribution is -2.32. The summed E-state index contributed by atoms with van der Waals surface area (Å²) in [6, 6.07) is 2.57. The minimum atomic E-state index is 0.488. The van der Waals surface area contributed by atoms with Crippen molar-refractivity contribution in [2.45, 2.75) is 76.9 Å². The minimum absolute atomic E-state index is 0.488. The molecule has 0 aromatic carbocycles. The van der Waals surface area contributed by atoms with Gasteiger partial charge in [-0.3, -0.25) is 4.68 Å². The molecule has 4 N–H and O–H groups in total. The first kappa shape index (κ1) is 20.8. The fraction of sp³-hybridized carbons (Fsp3) is 0.714. The van der Waals surface area contributed by atoms with Crippen LogP contribution in [0.4, 0.5) is 17.6 Å². The summed E-state index contributed by atoms with van der Waals surface area (Å²) in [6.07, 6.45) is 13.5. The van der Waals surface area contributed by atoms with Crippen LogP contribution in [-0.2, 0) is 13.1 Å². The Morgan fingerprint density at radius 3 is 2.67 bits per heavy atom. The summed E-state index contributed by atoms with van der Waals surface area (Å²) in [5.74, 6) is 1.93. The van der Waals surface area contributed by atoms with Gasteiger partial charge in [-0.1, -0.05) is 24.5 Å². The smallest absolute Gasteiger partial charge is 0.226 e. The Bertz CT molecular complexity index is 779. The van der Waals surface area contributed by atoms with Crippen molar-refractivity contribution >= 4 is 17.6 Å². The molecule has 2 aromatic heterocycles. The number of nitrogens with zero attached hydrogens (tertiary/aromatic N) is 6. The molecule has 9 nitrogen and oxygen atoms in total. The predicted octanol–water partition coefficient (Wildman–Crippen LogP) is 2.57. The van der Waals surface area contributed by atoms with E-state index in [1.165, 1.54) is 51.4 Å². The number of aryl methyl sites for hydroxylation is 1. The molecule has 1 saturated heterocycles. The number of rotatable bonds is 9. The van der Waals surface area contributed by atoms with Crippen LogP contribution in [0, 0.1) is 0 Å². The number of hydrogen-bond acceptors (Lipinski definition) is 8. The Morgan fingerprint density at radius 2 is 1.83 bits per heavy atom. The lowest BCUT2D eigenvalue weighted by Gasteiger charge is -2.28. The lowest BCUT2D eigenvalue weighted by molar-refractivity contribution is 0.367. The molecule has 0 radical (unpaired) electrons. The van der Waals surface area contributed by atoms with Gasteiger partial charge in [-0.15, -0.1) is 5.10 Å². The number of nitrogens with one attached hydrogen (secondary N) is 2. The van der Waals surface area contributed by atoms with E-state index in [2.05, 4.69) is 35.8 Å². The van der Waals surface area contributed by atoms with E-state index in [0.717, 1.165) is 44.1 Å². The van der Waals surface area contributed by atoms with Gasteiger partial charge in [-0.2, -0.15) is 9.97 Å². The van der Waals surface area contributed by atoms with Crippen LogP contribution < -0.4 is 21.3 Å². The highest BCUT2D eigenvalue weighted by Gasteiger charge is 2.14. The summed E-state index contributed by atoms with van der Waals surface area (Å²) >= 11 is 0. The maximum absolute atomic E-state index is 6.01. The molecule has 1 aliphatic heterocycles. The average molecular weight is 414 g/mol. The number of piperidine rings is 1. The first-order chi connectivity index (χ1) is 14.8. The molecule has 3 heterocycles. The molecular weight excluding hydrogens is 378 g/mol. The van der Waals surface area contributed by atoms with E-state index in [-0.39, 0.29) is 0 Å². The molecule has 0 spiro atoms. The average Bonchev–Trinajstić information content (AvgIpc) is 3.24. The Labute approximate surface area is 178 Å². The summed E-state index contributed by atoms with van der Waals surface area (Å²) in [6.45, 7) is 4.50. The molecule has 30 heavy (non-hydrogen) atoms. The number of nitrogens with two attached hydrogens (primary N) is 1.